The van der Waals surface area contributed by atoms with E-state index in [0.29, 0.717) is 12.6 Å². The molecule has 1 aliphatic carbocycles. The summed E-state index contributed by atoms with van der Waals surface area (Å²) in [5.74, 6) is 0.668. The highest BCUT2D eigenvalue weighted by Gasteiger charge is 2.55. The van der Waals surface area contributed by atoms with Gasteiger partial charge in [0.05, 0.1) is 21.9 Å². The fourth-order valence-corrected chi connectivity index (χ4v) is 6.35. The minimum absolute atomic E-state index is 0.0111. The van der Waals surface area contributed by atoms with Crippen molar-refractivity contribution in [3.8, 4) is 0 Å². The maximum absolute atomic E-state index is 13.2. The maximum atomic E-state index is 13.2. The average molecular weight is 413 g/mol. The number of hydrogen-bond acceptors (Lipinski definition) is 5. The highest BCUT2D eigenvalue weighted by Crippen LogP contribution is 2.39. The van der Waals surface area contributed by atoms with Gasteiger partial charge in [-0.25, -0.2) is 14.7 Å². The van der Waals surface area contributed by atoms with Gasteiger partial charge in [0, 0.05) is 19.0 Å². The number of aromatic nitrogens is 1. The van der Waals surface area contributed by atoms with Crippen LogP contribution in [0.15, 0.2) is 24.3 Å². The number of piperidine rings is 1. The Morgan fingerprint density at radius 1 is 1.17 bits per heavy atom. The molecule has 2 aromatic rings. The lowest BCUT2D eigenvalue weighted by Crippen LogP contribution is -2.54. The van der Waals surface area contributed by atoms with Crippen LogP contribution in [0.1, 0.15) is 56.4 Å². The van der Waals surface area contributed by atoms with E-state index in [0.717, 1.165) is 57.1 Å². The monoisotopic (exact) mass is 412 g/mol. The number of carbonyl (C=O) groups excluding carboxylic acids is 2. The largest absolute Gasteiger partial charge is 0.326 e. The molecule has 0 bridgehead atoms. The average Bonchev–Trinajstić information content (AvgIpc) is 3.26. The predicted octanol–water partition coefficient (Wildman–Crippen LogP) is 3.93. The summed E-state index contributed by atoms with van der Waals surface area (Å²) >= 11 is 1.80. The van der Waals surface area contributed by atoms with E-state index in [-0.39, 0.29) is 17.9 Å². The SMILES string of the molecule is C[C@H]1CCCC[C@@]12NC(=O)N(CN1CCC(c3nc4ccccc4s3)CC1)C2=O. The number of benzene rings is 1. The number of urea groups is 1. The molecular weight excluding hydrogens is 384 g/mol. The number of likely N-dealkylation sites (tertiary alicyclic amines) is 1. The molecule has 2 atom stereocenters. The highest BCUT2D eigenvalue weighted by molar-refractivity contribution is 7.18. The molecule has 3 heterocycles. The zero-order valence-corrected chi connectivity index (χ0v) is 17.7. The standard InChI is InChI=1S/C22H28N4O2S/c1-15-6-4-5-11-22(15)20(27)26(21(28)24-22)14-25-12-9-16(10-13-25)19-23-17-7-2-3-8-18(17)29-19/h2-3,7-8,15-16H,4-6,9-14H2,1H3,(H,24,28)/t15-,22+/m0/s1. The van der Waals surface area contributed by atoms with E-state index in [1.807, 2.05) is 6.07 Å². The Morgan fingerprint density at radius 2 is 1.97 bits per heavy atom. The number of imide groups is 1. The number of carbonyl (C=O) groups is 2. The van der Waals surface area contributed by atoms with Crippen molar-refractivity contribution in [2.24, 2.45) is 5.92 Å². The molecule has 5 rings (SSSR count). The number of para-hydroxylation sites is 1. The molecular formula is C22H28N4O2S. The molecule has 2 aliphatic heterocycles. The summed E-state index contributed by atoms with van der Waals surface area (Å²) in [5.41, 5.74) is 0.426. The normalized spacial score (nSPS) is 29.1. The minimum atomic E-state index is -0.658. The van der Waals surface area contributed by atoms with E-state index >= 15 is 0 Å². The third kappa shape index (κ3) is 3.24. The Labute approximate surface area is 175 Å². The van der Waals surface area contributed by atoms with Crippen molar-refractivity contribution in [3.63, 3.8) is 0 Å². The van der Waals surface area contributed by atoms with Gasteiger partial charge in [-0.3, -0.25) is 9.69 Å². The summed E-state index contributed by atoms with van der Waals surface area (Å²) in [6, 6.07) is 8.09. The molecule has 1 aromatic carbocycles. The number of thiazole rings is 1. The van der Waals surface area contributed by atoms with Crippen LogP contribution < -0.4 is 5.32 Å². The van der Waals surface area contributed by atoms with Crippen molar-refractivity contribution in [1.29, 1.82) is 0 Å². The second-order valence-electron chi connectivity index (χ2n) is 8.84. The topological polar surface area (TPSA) is 65.5 Å². The molecule has 1 spiro atoms. The first kappa shape index (κ1) is 19.0. The molecule has 1 N–H and O–H groups in total. The van der Waals surface area contributed by atoms with Gasteiger partial charge < -0.3 is 5.32 Å². The number of amides is 3. The van der Waals surface area contributed by atoms with Crippen LogP contribution in [0.2, 0.25) is 0 Å². The number of nitrogens with zero attached hydrogens (tertiary/aromatic N) is 3. The van der Waals surface area contributed by atoms with Crippen LogP contribution in [0.3, 0.4) is 0 Å². The van der Waals surface area contributed by atoms with Gasteiger partial charge in [-0.15, -0.1) is 11.3 Å². The van der Waals surface area contributed by atoms with Crippen LogP contribution in [0, 0.1) is 5.92 Å². The smallest absolute Gasteiger partial charge is 0.323 e. The van der Waals surface area contributed by atoms with Gasteiger partial charge in [-0.05, 0) is 43.7 Å². The van der Waals surface area contributed by atoms with Gasteiger partial charge in [0.2, 0.25) is 0 Å². The van der Waals surface area contributed by atoms with Crippen LogP contribution in [0.4, 0.5) is 4.79 Å². The second kappa shape index (κ2) is 7.36. The van der Waals surface area contributed by atoms with Gasteiger partial charge >= 0.3 is 6.03 Å². The minimum Gasteiger partial charge on any atom is -0.323 e. The lowest BCUT2D eigenvalue weighted by Gasteiger charge is -2.37. The Hall–Kier alpha value is -1.99. The van der Waals surface area contributed by atoms with Crippen LogP contribution in [0.5, 0.6) is 0 Å². The van der Waals surface area contributed by atoms with E-state index in [4.69, 9.17) is 4.98 Å². The summed E-state index contributed by atoms with van der Waals surface area (Å²) in [4.78, 5) is 34.3. The fourth-order valence-electron chi connectivity index (χ4n) is 5.21. The Bertz CT molecular complexity index is 903. The van der Waals surface area contributed by atoms with Gasteiger partial charge in [0.15, 0.2) is 0 Å². The van der Waals surface area contributed by atoms with Gasteiger partial charge in [0.1, 0.15) is 5.54 Å². The van der Waals surface area contributed by atoms with Crippen molar-refractivity contribution in [1.82, 2.24) is 20.1 Å². The molecule has 1 aromatic heterocycles. The first-order valence-electron chi connectivity index (χ1n) is 10.8. The summed E-state index contributed by atoms with van der Waals surface area (Å²) < 4.78 is 1.25. The lowest BCUT2D eigenvalue weighted by atomic mass is 9.73. The zero-order chi connectivity index (χ0) is 20.0. The van der Waals surface area contributed by atoms with Gasteiger partial charge in [-0.1, -0.05) is 31.9 Å². The summed E-state index contributed by atoms with van der Waals surface area (Å²) in [6.45, 7) is 4.29. The van der Waals surface area contributed by atoms with E-state index in [1.165, 1.54) is 14.6 Å². The first-order chi connectivity index (χ1) is 14.1. The third-order valence-corrected chi connectivity index (χ3v) is 8.29. The lowest BCUT2D eigenvalue weighted by molar-refractivity contribution is -0.135. The van der Waals surface area contributed by atoms with Crippen molar-refractivity contribution >= 4 is 33.5 Å². The van der Waals surface area contributed by atoms with Crippen LogP contribution in [-0.2, 0) is 4.79 Å². The zero-order valence-electron chi connectivity index (χ0n) is 16.9. The number of fused-ring (bicyclic) bond motifs is 1. The van der Waals surface area contributed by atoms with Crippen molar-refractivity contribution in [3.05, 3.63) is 29.3 Å². The van der Waals surface area contributed by atoms with Crippen molar-refractivity contribution in [2.45, 2.75) is 56.9 Å². The number of hydrogen-bond donors (Lipinski definition) is 1. The van der Waals surface area contributed by atoms with Gasteiger partial charge in [-0.2, -0.15) is 0 Å². The molecule has 0 radical (unpaired) electrons. The summed E-state index contributed by atoms with van der Waals surface area (Å²) in [5, 5.41) is 4.28. The number of nitrogens with one attached hydrogen (secondary N) is 1. The quantitative estimate of drug-likeness (QED) is 0.776. The van der Waals surface area contributed by atoms with E-state index in [2.05, 4.69) is 35.3 Å². The second-order valence-corrected chi connectivity index (χ2v) is 9.90. The van der Waals surface area contributed by atoms with Crippen LogP contribution in [-0.4, -0.2) is 52.0 Å². The predicted molar refractivity (Wildman–Crippen MR) is 114 cm³/mol. The van der Waals surface area contributed by atoms with Gasteiger partial charge in [0.25, 0.3) is 5.91 Å². The first-order valence-corrected chi connectivity index (χ1v) is 11.6. The molecule has 6 nitrogen and oxygen atoms in total. The molecule has 3 aliphatic rings. The van der Waals surface area contributed by atoms with E-state index in [9.17, 15) is 9.59 Å². The highest BCUT2D eigenvalue weighted by atomic mass is 32.1. The molecule has 3 fully saturated rings. The maximum Gasteiger partial charge on any atom is 0.326 e. The fraction of sp³-hybridized carbons (Fsp3) is 0.591. The molecule has 0 unspecified atom stereocenters. The third-order valence-electron chi connectivity index (χ3n) is 7.09. The van der Waals surface area contributed by atoms with Crippen molar-refractivity contribution in [2.75, 3.05) is 19.8 Å². The molecule has 1 saturated carbocycles. The van der Waals surface area contributed by atoms with E-state index < -0.39 is 5.54 Å². The Kier molecular flexibility index (Phi) is 4.82. The van der Waals surface area contributed by atoms with E-state index in [1.54, 1.807) is 11.3 Å². The van der Waals surface area contributed by atoms with Crippen molar-refractivity contribution < 1.29 is 9.59 Å². The van der Waals surface area contributed by atoms with Crippen LogP contribution >= 0.6 is 11.3 Å². The Morgan fingerprint density at radius 3 is 2.72 bits per heavy atom. The molecule has 3 amide bonds. The summed E-state index contributed by atoms with van der Waals surface area (Å²) in [6.07, 6.45) is 5.97. The summed E-state index contributed by atoms with van der Waals surface area (Å²) in [7, 11) is 0. The molecule has 7 heteroatoms. The van der Waals surface area contributed by atoms with Crippen LogP contribution in [0.25, 0.3) is 10.2 Å². The molecule has 29 heavy (non-hydrogen) atoms. The Balaban J connectivity index is 1.22. The molecule has 2 saturated heterocycles. The molecule has 154 valence electrons. The number of rotatable bonds is 3.